The van der Waals surface area contributed by atoms with E-state index in [0.717, 1.165) is 45.5 Å². The van der Waals surface area contributed by atoms with Crippen LogP contribution in [-0.2, 0) is 9.53 Å². The summed E-state index contributed by atoms with van der Waals surface area (Å²) >= 11 is 0. The van der Waals surface area contributed by atoms with Crippen LogP contribution in [0.25, 0.3) is 0 Å². The van der Waals surface area contributed by atoms with Gasteiger partial charge in [-0.05, 0) is 32.7 Å². The van der Waals surface area contributed by atoms with Crippen LogP contribution >= 0.6 is 0 Å². The van der Waals surface area contributed by atoms with Crippen molar-refractivity contribution < 1.29 is 9.53 Å². The molecule has 1 aliphatic rings. The molecule has 1 rings (SSSR count). The Morgan fingerprint density at radius 3 is 2.88 bits per heavy atom. The van der Waals surface area contributed by atoms with Crippen molar-refractivity contribution in [3.8, 4) is 0 Å². The van der Waals surface area contributed by atoms with E-state index in [0.29, 0.717) is 6.54 Å². The highest BCUT2D eigenvalue weighted by atomic mass is 16.5. The van der Waals surface area contributed by atoms with E-state index in [1.807, 2.05) is 11.8 Å². The minimum absolute atomic E-state index is 0.187. The molecule has 1 N–H and O–H groups in total. The molecule has 0 radical (unpaired) electrons. The first-order chi connectivity index (χ1) is 7.77. The maximum Gasteiger partial charge on any atom is 0.236 e. The normalized spacial score (nSPS) is 20.0. The molecule has 1 fully saturated rings. The van der Waals surface area contributed by atoms with Gasteiger partial charge >= 0.3 is 0 Å². The number of rotatable bonds is 7. The van der Waals surface area contributed by atoms with E-state index >= 15 is 0 Å². The number of hydrogen-bond acceptors (Lipinski definition) is 3. The molecule has 1 amide bonds. The van der Waals surface area contributed by atoms with Crippen molar-refractivity contribution in [3.63, 3.8) is 0 Å². The lowest BCUT2D eigenvalue weighted by atomic mass is 10.2. The summed E-state index contributed by atoms with van der Waals surface area (Å²) in [6.07, 6.45) is 3.54. The standard InChI is InChI=1S/C12H24N2O2/c1-3-7-13-9-12(15)14(4-2)10-11-6-5-8-16-11/h11,13H,3-10H2,1-2H3. The molecule has 1 saturated heterocycles. The van der Waals surface area contributed by atoms with Crippen molar-refractivity contribution in [3.05, 3.63) is 0 Å². The van der Waals surface area contributed by atoms with Crippen LogP contribution in [0.15, 0.2) is 0 Å². The van der Waals surface area contributed by atoms with E-state index in [-0.39, 0.29) is 12.0 Å². The number of likely N-dealkylation sites (N-methyl/N-ethyl adjacent to an activating group) is 1. The number of nitrogens with zero attached hydrogens (tertiary/aromatic N) is 1. The number of carbonyl (C=O) groups is 1. The highest BCUT2D eigenvalue weighted by Gasteiger charge is 2.20. The monoisotopic (exact) mass is 228 g/mol. The Balaban J connectivity index is 2.25. The molecule has 1 atom stereocenters. The van der Waals surface area contributed by atoms with Crippen molar-refractivity contribution in [1.29, 1.82) is 0 Å². The van der Waals surface area contributed by atoms with Gasteiger partial charge in [0.05, 0.1) is 12.6 Å². The van der Waals surface area contributed by atoms with Gasteiger partial charge in [-0.15, -0.1) is 0 Å². The molecule has 0 bridgehead atoms. The third-order valence-electron chi connectivity index (χ3n) is 2.89. The van der Waals surface area contributed by atoms with E-state index in [2.05, 4.69) is 12.2 Å². The molecule has 0 spiro atoms. The Hall–Kier alpha value is -0.610. The lowest BCUT2D eigenvalue weighted by Gasteiger charge is -2.24. The smallest absolute Gasteiger partial charge is 0.236 e. The number of nitrogens with one attached hydrogen (secondary N) is 1. The maximum absolute atomic E-state index is 11.8. The van der Waals surface area contributed by atoms with Gasteiger partial charge in [-0.2, -0.15) is 0 Å². The average Bonchev–Trinajstić information content (AvgIpc) is 2.78. The summed E-state index contributed by atoms with van der Waals surface area (Å²) in [5.41, 5.74) is 0. The van der Waals surface area contributed by atoms with Crippen LogP contribution < -0.4 is 5.32 Å². The van der Waals surface area contributed by atoms with Gasteiger partial charge in [-0.3, -0.25) is 4.79 Å². The molecule has 0 aromatic carbocycles. The largest absolute Gasteiger partial charge is 0.376 e. The maximum atomic E-state index is 11.8. The van der Waals surface area contributed by atoms with Crippen LogP contribution in [0.2, 0.25) is 0 Å². The highest BCUT2D eigenvalue weighted by Crippen LogP contribution is 2.13. The molecule has 1 aliphatic heterocycles. The number of amides is 1. The van der Waals surface area contributed by atoms with Crippen LogP contribution in [0.5, 0.6) is 0 Å². The predicted molar refractivity (Wildman–Crippen MR) is 64.4 cm³/mol. The molecule has 4 nitrogen and oxygen atoms in total. The molecule has 1 heterocycles. The molecular formula is C12H24N2O2. The Morgan fingerprint density at radius 1 is 1.50 bits per heavy atom. The van der Waals surface area contributed by atoms with Gasteiger partial charge in [0.1, 0.15) is 0 Å². The average molecular weight is 228 g/mol. The Bertz CT molecular complexity index is 203. The third-order valence-corrected chi connectivity index (χ3v) is 2.89. The fourth-order valence-corrected chi connectivity index (χ4v) is 1.93. The van der Waals surface area contributed by atoms with Gasteiger partial charge in [0.15, 0.2) is 0 Å². The number of ether oxygens (including phenoxy) is 1. The summed E-state index contributed by atoms with van der Waals surface area (Å²) in [6.45, 7) is 7.85. The summed E-state index contributed by atoms with van der Waals surface area (Å²) in [5, 5.41) is 3.14. The Labute approximate surface area is 98.3 Å². The fraction of sp³-hybridized carbons (Fsp3) is 0.917. The second-order valence-corrected chi connectivity index (χ2v) is 4.24. The molecule has 94 valence electrons. The van der Waals surface area contributed by atoms with Crippen molar-refractivity contribution in [2.75, 3.05) is 32.8 Å². The molecule has 16 heavy (non-hydrogen) atoms. The van der Waals surface area contributed by atoms with Crippen LogP contribution in [0, 0.1) is 0 Å². The zero-order valence-corrected chi connectivity index (χ0v) is 10.5. The second-order valence-electron chi connectivity index (χ2n) is 4.24. The van der Waals surface area contributed by atoms with Gasteiger partial charge in [0, 0.05) is 19.7 Å². The van der Waals surface area contributed by atoms with Gasteiger partial charge in [-0.25, -0.2) is 0 Å². The van der Waals surface area contributed by atoms with E-state index in [4.69, 9.17) is 4.74 Å². The first-order valence-corrected chi connectivity index (χ1v) is 6.38. The molecule has 0 aromatic heterocycles. The first kappa shape index (κ1) is 13.5. The van der Waals surface area contributed by atoms with Crippen molar-refractivity contribution in [2.24, 2.45) is 0 Å². The fourth-order valence-electron chi connectivity index (χ4n) is 1.93. The Morgan fingerprint density at radius 2 is 2.31 bits per heavy atom. The quantitative estimate of drug-likeness (QED) is 0.661. The van der Waals surface area contributed by atoms with Gasteiger partial charge in [0.25, 0.3) is 0 Å². The molecular weight excluding hydrogens is 204 g/mol. The lowest BCUT2D eigenvalue weighted by Crippen LogP contribution is -2.42. The molecule has 0 aromatic rings. The minimum Gasteiger partial charge on any atom is -0.376 e. The second kappa shape index (κ2) is 7.63. The SMILES string of the molecule is CCCNCC(=O)N(CC)CC1CCCO1. The van der Waals surface area contributed by atoms with Crippen LogP contribution in [0.3, 0.4) is 0 Å². The van der Waals surface area contributed by atoms with Crippen LogP contribution in [0.1, 0.15) is 33.1 Å². The van der Waals surface area contributed by atoms with Crippen LogP contribution in [0.4, 0.5) is 0 Å². The summed E-state index contributed by atoms with van der Waals surface area (Å²) in [5.74, 6) is 0.187. The third kappa shape index (κ3) is 4.49. The van der Waals surface area contributed by atoms with E-state index in [1.165, 1.54) is 0 Å². The molecule has 0 saturated carbocycles. The van der Waals surface area contributed by atoms with E-state index < -0.39 is 0 Å². The minimum atomic E-state index is 0.187. The molecule has 0 aliphatic carbocycles. The topological polar surface area (TPSA) is 41.6 Å². The van der Waals surface area contributed by atoms with Gasteiger partial charge in [0.2, 0.25) is 5.91 Å². The predicted octanol–water partition coefficient (Wildman–Crippen LogP) is 1.01. The number of hydrogen-bond donors (Lipinski definition) is 1. The molecule has 1 unspecified atom stereocenters. The van der Waals surface area contributed by atoms with Gasteiger partial charge in [-0.1, -0.05) is 6.92 Å². The van der Waals surface area contributed by atoms with Crippen molar-refractivity contribution >= 4 is 5.91 Å². The summed E-state index contributed by atoms with van der Waals surface area (Å²) in [6, 6.07) is 0. The van der Waals surface area contributed by atoms with Crippen LogP contribution in [-0.4, -0.2) is 49.7 Å². The summed E-state index contributed by atoms with van der Waals surface area (Å²) in [7, 11) is 0. The molecule has 4 heteroatoms. The zero-order chi connectivity index (χ0) is 11.8. The zero-order valence-electron chi connectivity index (χ0n) is 10.5. The summed E-state index contributed by atoms with van der Waals surface area (Å²) < 4.78 is 5.55. The first-order valence-electron chi connectivity index (χ1n) is 6.38. The Kier molecular flexibility index (Phi) is 6.42. The van der Waals surface area contributed by atoms with Crippen molar-refractivity contribution in [2.45, 2.75) is 39.2 Å². The van der Waals surface area contributed by atoms with Crippen molar-refractivity contribution in [1.82, 2.24) is 10.2 Å². The lowest BCUT2D eigenvalue weighted by molar-refractivity contribution is -0.131. The number of carbonyl (C=O) groups excluding carboxylic acids is 1. The summed E-state index contributed by atoms with van der Waals surface area (Å²) in [4.78, 5) is 13.7. The van der Waals surface area contributed by atoms with E-state index in [1.54, 1.807) is 0 Å². The highest BCUT2D eigenvalue weighted by molar-refractivity contribution is 5.78. The van der Waals surface area contributed by atoms with E-state index in [9.17, 15) is 4.79 Å². The van der Waals surface area contributed by atoms with Gasteiger partial charge < -0.3 is 15.0 Å².